The van der Waals surface area contributed by atoms with Gasteiger partial charge in [-0.05, 0) is 61.9 Å². The van der Waals surface area contributed by atoms with Crippen molar-refractivity contribution >= 4 is 10.0 Å². The molecular weight excluding hydrogens is 426 g/mol. The lowest BCUT2D eigenvalue weighted by molar-refractivity contribution is 0.124. The Kier molecular flexibility index (Phi) is 5.87. The maximum Gasteiger partial charge on any atom is 0.244 e. The van der Waals surface area contributed by atoms with E-state index in [1.165, 1.54) is 22.5 Å². The van der Waals surface area contributed by atoms with Crippen molar-refractivity contribution in [1.29, 1.82) is 0 Å². The molecule has 0 amide bonds. The Morgan fingerprint density at radius 3 is 2.35 bits per heavy atom. The minimum Gasteiger partial charge on any atom is -0.337 e. The molecule has 1 aliphatic heterocycles. The molecule has 0 aliphatic carbocycles. The van der Waals surface area contributed by atoms with Gasteiger partial charge in [0.1, 0.15) is 11.6 Å². The molecule has 0 radical (unpaired) electrons. The Morgan fingerprint density at radius 1 is 1.03 bits per heavy atom. The van der Waals surface area contributed by atoms with Gasteiger partial charge in [-0.2, -0.15) is 9.29 Å². The van der Waals surface area contributed by atoms with Gasteiger partial charge >= 0.3 is 0 Å². The summed E-state index contributed by atoms with van der Waals surface area (Å²) in [6.07, 6.45) is 0. The lowest BCUT2D eigenvalue weighted by atomic mass is 10.1. The highest BCUT2D eigenvalue weighted by Crippen LogP contribution is 2.26. The van der Waals surface area contributed by atoms with E-state index in [4.69, 9.17) is 4.52 Å². The molecule has 164 valence electrons. The second-order valence-corrected chi connectivity index (χ2v) is 9.43. The third-order valence-corrected chi connectivity index (χ3v) is 7.40. The van der Waals surface area contributed by atoms with E-state index in [1.54, 1.807) is 19.1 Å². The topological polar surface area (TPSA) is 79.5 Å². The SMILES string of the molecule is Cc1cc(-c2noc(C(C)N3CCN(S(=O)(=O)c4ccc(F)cc4)CC3)n2)ccc1F. The summed E-state index contributed by atoms with van der Waals surface area (Å²) in [4.78, 5) is 6.58. The van der Waals surface area contributed by atoms with Crippen molar-refractivity contribution in [2.75, 3.05) is 26.2 Å². The molecule has 10 heteroatoms. The summed E-state index contributed by atoms with van der Waals surface area (Å²) in [7, 11) is -3.67. The third-order valence-electron chi connectivity index (χ3n) is 5.49. The first-order chi connectivity index (χ1) is 14.8. The van der Waals surface area contributed by atoms with E-state index in [9.17, 15) is 17.2 Å². The molecule has 4 rings (SSSR count). The van der Waals surface area contributed by atoms with E-state index >= 15 is 0 Å². The van der Waals surface area contributed by atoms with E-state index < -0.39 is 15.8 Å². The fraction of sp³-hybridized carbons (Fsp3) is 0.333. The summed E-state index contributed by atoms with van der Waals surface area (Å²) in [6.45, 7) is 5.13. The van der Waals surface area contributed by atoms with E-state index in [2.05, 4.69) is 15.0 Å². The van der Waals surface area contributed by atoms with Crippen LogP contribution in [0.1, 0.15) is 24.4 Å². The Balaban J connectivity index is 1.42. The zero-order valence-corrected chi connectivity index (χ0v) is 17.9. The van der Waals surface area contributed by atoms with Crippen LogP contribution in [-0.2, 0) is 10.0 Å². The fourth-order valence-electron chi connectivity index (χ4n) is 3.55. The van der Waals surface area contributed by atoms with Crippen LogP contribution in [0.25, 0.3) is 11.4 Å². The largest absolute Gasteiger partial charge is 0.337 e. The van der Waals surface area contributed by atoms with Gasteiger partial charge in [0.15, 0.2) is 0 Å². The Hall–Kier alpha value is -2.69. The molecule has 1 fully saturated rings. The van der Waals surface area contributed by atoms with Crippen LogP contribution >= 0.6 is 0 Å². The normalized spacial score (nSPS) is 17.0. The average molecular weight is 448 g/mol. The quantitative estimate of drug-likeness (QED) is 0.595. The summed E-state index contributed by atoms with van der Waals surface area (Å²) < 4.78 is 59.0. The van der Waals surface area contributed by atoms with Crippen LogP contribution < -0.4 is 0 Å². The molecule has 0 saturated carbocycles. The first kappa shape index (κ1) is 21.5. The molecule has 1 atom stereocenters. The Labute approximate surface area is 179 Å². The van der Waals surface area contributed by atoms with Crippen LogP contribution in [0.2, 0.25) is 0 Å². The summed E-state index contributed by atoms with van der Waals surface area (Å²) >= 11 is 0. The van der Waals surface area contributed by atoms with Crippen molar-refractivity contribution in [3.63, 3.8) is 0 Å². The van der Waals surface area contributed by atoms with E-state index in [-0.39, 0.29) is 16.8 Å². The summed E-state index contributed by atoms with van der Waals surface area (Å²) in [5, 5.41) is 4.00. The Bertz CT molecular complexity index is 1170. The lowest BCUT2D eigenvalue weighted by Crippen LogP contribution is -2.49. The number of aryl methyl sites for hydroxylation is 1. The second-order valence-electron chi connectivity index (χ2n) is 7.49. The molecule has 0 bridgehead atoms. The van der Waals surface area contributed by atoms with Gasteiger partial charge in [0, 0.05) is 31.7 Å². The van der Waals surface area contributed by atoms with Crippen LogP contribution in [0, 0.1) is 18.6 Å². The fourth-order valence-corrected chi connectivity index (χ4v) is 4.97. The number of benzene rings is 2. The maximum atomic E-state index is 13.5. The molecule has 1 unspecified atom stereocenters. The van der Waals surface area contributed by atoms with Gasteiger partial charge < -0.3 is 4.52 Å². The van der Waals surface area contributed by atoms with E-state index in [0.717, 1.165) is 12.1 Å². The van der Waals surface area contributed by atoms with Crippen LogP contribution in [0.5, 0.6) is 0 Å². The van der Waals surface area contributed by atoms with Crippen LogP contribution in [0.3, 0.4) is 0 Å². The standard InChI is InChI=1S/C21H22F2N4O3S/c1-14-13-16(3-8-19(14)23)20-24-21(30-25-20)15(2)26-9-11-27(12-10-26)31(28,29)18-6-4-17(22)5-7-18/h3-8,13,15H,9-12H2,1-2H3. The van der Waals surface area contributed by atoms with Crippen molar-refractivity contribution < 1.29 is 21.7 Å². The molecule has 0 N–H and O–H groups in total. The molecule has 2 heterocycles. The van der Waals surface area contributed by atoms with E-state index in [0.29, 0.717) is 49.0 Å². The third kappa shape index (κ3) is 4.36. The molecule has 1 saturated heterocycles. The number of hydrogen-bond acceptors (Lipinski definition) is 6. The summed E-state index contributed by atoms with van der Waals surface area (Å²) in [6, 6.07) is 9.24. The van der Waals surface area contributed by atoms with Crippen LogP contribution in [0.4, 0.5) is 8.78 Å². The number of hydrogen-bond donors (Lipinski definition) is 0. The van der Waals surface area contributed by atoms with Crippen molar-refractivity contribution in [3.8, 4) is 11.4 Å². The molecule has 0 spiro atoms. The first-order valence-corrected chi connectivity index (χ1v) is 11.3. The summed E-state index contributed by atoms with van der Waals surface area (Å²) in [5.74, 6) is 0.0101. The molecular formula is C21H22F2N4O3S. The minimum absolute atomic E-state index is 0.0755. The number of aromatic nitrogens is 2. The molecule has 7 nitrogen and oxygen atoms in total. The highest BCUT2D eigenvalue weighted by Gasteiger charge is 2.32. The number of piperazine rings is 1. The van der Waals surface area contributed by atoms with Gasteiger partial charge in [0.2, 0.25) is 21.7 Å². The highest BCUT2D eigenvalue weighted by molar-refractivity contribution is 7.89. The van der Waals surface area contributed by atoms with Gasteiger partial charge in [-0.1, -0.05) is 5.16 Å². The monoisotopic (exact) mass is 448 g/mol. The average Bonchev–Trinajstić information content (AvgIpc) is 3.26. The van der Waals surface area contributed by atoms with Gasteiger partial charge in [0.05, 0.1) is 10.9 Å². The zero-order chi connectivity index (χ0) is 22.2. The molecule has 2 aromatic carbocycles. The van der Waals surface area contributed by atoms with Crippen molar-refractivity contribution in [2.45, 2.75) is 24.8 Å². The molecule has 3 aromatic rings. The number of rotatable bonds is 5. The Morgan fingerprint density at radius 2 is 1.71 bits per heavy atom. The number of nitrogens with zero attached hydrogens (tertiary/aromatic N) is 4. The highest BCUT2D eigenvalue weighted by atomic mass is 32.2. The maximum absolute atomic E-state index is 13.5. The van der Waals surface area contributed by atoms with Gasteiger partial charge in [-0.3, -0.25) is 4.90 Å². The summed E-state index contributed by atoms with van der Waals surface area (Å²) in [5.41, 5.74) is 1.16. The predicted molar refractivity (Wildman–Crippen MR) is 110 cm³/mol. The van der Waals surface area contributed by atoms with Crippen molar-refractivity contribution in [1.82, 2.24) is 19.3 Å². The van der Waals surface area contributed by atoms with Crippen LogP contribution in [0.15, 0.2) is 51.9 Å². The molecule has 31 heavy (non-hydrogen) atoms. The van der Waals surface area contributed by atoms with Crippen molar-refractivity contribution in [3.05, 3.63) is 65.6 Å². The number of halogens is 2. The zero-order valence-electron chi connectivity index (χ0n) is 17.1. The first-order valence-electron chi connectivity index (χ1n) is 9.85. The minimum atomic E-state index is -3.67. The van der Waals surface area contributed by atoms with Gasteiger partial charge in [-0.25, -0.2) is 17.2 Å². The predicted octanol–water partition coefficient (Wildman–Crippen LogP) is 3.39. The second kappa shape index (κ2) is 8.45. The van der Waals surface area contributed by atoms with E-state index in [1.807, 2.05) is 6.92 Å². The van der Waals surface area contributed by atoms with Gasteiger partial charge in [-0.15, -0.1) is 0 Å². The molecule has 1 aliphatic rings. The molecule has 1 aromatic heterocycles. The van der Waals surface area contributed by atoms with Gasteiger partial charge in [0.25, 0.3) is 0 Å². The smallest absolute Gasteiger partial charge is 0.244 e. The van der Waals surface area contributed by atoms with Crippen LogP contribution in [-0.4, -0.2) is 53.9 Å². The lowest BCUT2D eigenvalue weighted by Gasteiger charge is -2.36. The van der Waals surface area contributed by atoms with Crippen molar-refractivity contribution in [2.24, 2.45) is 0 Å². The number of sulfonamides is 1.